The van der Waals surface area contributed by atoms with E-state index in [0.717, 1.165) is 0 Å². The summed E-state index contributed by atoms with van der Waals surface area (Å²) in [6, 6.07) is 18.3. The summed E-state index contributed by atoms with van der Waals surface area (Å²) in [6.07, 6.45) is 0.674. The van der Waals surface area contributed by atoms with Crippen molar-refractivity contribution in [2.45, 2.75) is 12.8 Å². The summed E-state index contributed by atoms with van der Waals surface area (Å²) < 4.78 is 5.38. The van der Waals surface area contributed by atoms with E-state index in [2.05, 4.69) is 0 Å². The molecule has 0 aliphatic rings. The first-order valence-corrected chi connectivity index (χ1v) is 7.01. The van der Waals surface area contributed by atoms with Crippen LogP contribution in [-0.2, 0) is 4.74 Å². The molecule has 0 heterocycles. The summed E-state index contributed by atoms with van der Waals surface area (Å²) in [7, 11) is 0. The van der Waals surface area contributed by atoms with Gasteiger partial charge in [-0.2, -0.15) is 0 Å². The highest BCUT2D eigenvalue weighted by Gasteiger charge is 2.06. The van der Waals surface area contributed by atoms with Crippen molar-refractivity contribution >= 4 is 11.6 Å². The fraction of sp³-hybridized carbons (Fsp3) is 0.222. The Kier molecular flexibility index (Phi) is 5.85. The molecule has 0 amide bonds. The van der Waals surface area contributed by atoms with E-state index in [4.69, 9.17) is 4.74 Å². The lowest BCUT2D eigenvalue weighted by Gasteiger charge is -2.04. The van der Waals surface area contributed by atoms with E-state index >= 15 is 0 Å². The van der Waals surface area contributed by atoms with Crippen LogP contribution in [0.15, 0.2) is 60.7 Å². The molecule has 2 aromatic carbocycles. The molecule has 0 saturated carbocycles. The Morgan fingerprint density at radius 1 is 0.667 bits per heavy atom. The van der Waals surface area contributed by atoms with Gasteiger partial charge in [0, 0.05) is 24.0 Å². The normalized spacial score (nSPS) is 10.3. The van der Waals surface area contributed by atoms with Gasteiger partial charge in [-0.15, -0.1) is 0 Å². The van der Waals surface area contributed by atoms with E-state index < -0.39 is 0 Å². The van der Waals surface area contributed by atoms with E-state index in [1.807, 2.05) is 36.4 Å². The van der Waals surface area contributed by atoms with Crippen molar-refractivity contribution in [2.24, 2.45) is 0 Å². The molecule has 0 fully saturated rings. The molecule has 0 aromatic heterocycles. The van der Waals surface area contributed by atoms with Gasteiger partial charge in [-0.25, -0.2) is 0 Å². The molecule has 0 aliphatic carbocycles. The monoisotopic (exact) mass is 282 g/mol. The summed E-state index contributed by atoms with van der Waals surface area (Å²) in [6.45, 7) is 0.686. The molecule has 21 heavy (non-hydrogen) atoms. The summed E-state index contributed by atoms with van der Waals surface area (Å²) in [5.41, 5.74) is 1.39. The van der Waals surface area contributed by atoms with Crippen molar-refractivity contribution in [1.82, 2.24) is 0 Å². The minimum Gasteiger partial charge on any atom is -0.381 e. The second-order valence-electron chi connectivity index (χ2n) is 4.69. The predicted molar refractivity (Wildman–Crippen MR) is 81.6 cm³/mol. The molecular formula is C18H18O3. The van der Waals surface area contributed by atoms with E-state index in [-0.39, 0.29) is 11.6 Å². The van der Waals surface area contributed by atoms with Crippen molar-refractivity contribution in [3.63, 3.8) is 0 Å². The second kappa shape index (κ2) is 8.12. The average Bonchev–Trinajstić information content (AvgIpc) is 2.55. The number of Topliss-reactive ketones (excluding diaryl/α,β-unsaturated/α-hetero) is 2. The zero-order valence-corrected chi connectivity index (χ0v) is 11.8. The fourth-order valence-electron chi connectivity index (χ4n) is 1.97. The van der Waals surface area contributed by atoms with Gasteiger partial charge >= 0.3 is 0 Å². The molecule has 0 saturated heterocycles. The summed E-state index contributed by atoms with van der Waals surface area (Å²) in [5.74, 6) is 0.120. The highest BCUT2D eigenvalue weighted by Crippen LogP contribution is 2.05. The number of ether oxygens (including phenoxy) is 1. The summed E-state index contributed by atoms with van der Waals surface area (Å²) in [5, 5.41) is 0. The van der Waals surface area contributed by atoms with Gasteiger partial charge in [-0.05, 0) is 0 Å². The quantitative estimate of drug-likeness (QED) is 0.549. The first kappa shape index (κ1) is 15.1. The first-order valence-electron chi connectivity index (χ1n) is 7.01. The molecule has 2 rings (SSSR count). The van der Waals surface area contributed by atoms with Gasteiger partial charge in [0.15, 0.2) is 11.6 Å². The SMILES string of the molecule is O=C(CCOCCC(=O)c1ccccc1)c1ccccc1. The molecule has 0 spiro atoms. The van der Waals surface area contributed by atoms with Crippen molar-refractivity contribution < 1.29 is 14.3 Å². The molecule has 3 nitrogen and oxygen atoms in total. The molecule has 0 aliphatic heterocycles. The van der Waals surface area contributed by atoms with Crippen LogP contribution in [0.4, 0.5) is 0 Å². The number of rotatable bonds is 8. The first-order chi connectivity index (χ1) is 10.3. The number of carbonyl (C=O) groups excluding carboxylic acids is 2. The standard InChI is InChI=1S/C18H18O3/c19-17(15-7-3-1-4-8-15)11-13-21-14-12-18(20)16-9-5-2-6-10-16/h1-10H,11-14H2. The minimum absolute atomic E-state index is 0.0602. The Bertz CT molecular complexity index is 522. The van der Waals surface area contributed by atoms with E-state index in [1.54, 1.807) is 24.3 Å². The maximum atomic E-state index is 11.8. The van der Waals surface area contributed by atoms with Gasteiger partial charge in [0.1, 0.15) is 0 Å². The van der Waals surface area contributed by atoms with Crippen LogP contribution in [-0.4, -0.2) is 24.8 Å². The van der Waals surface area contributed by atoms with Crippen LogP contribution >= 0.6 is 0 Å². The topological polar surface area (TPSA) is 43.4 Å². The third-order valence-corrected chi connectivity index (χ3v) is 3.14. The van der Waals surface area contributed by atoms with Gasteiger partial charge in [0.25, 0.3) is 0 Å². The molecule has 2 aromatic rings. The van der Waals surface area contributed by atoms with Gasteiger partial charge < -0.3 is 4.74 Å². The van der Waals surface area contributed by atoms with Crippen LogP contribution in [0.25, 0.3) is 0 Å². The Labute approximate surface area is 124 Å². The van der Waals surface area contributed by atoms with Crippen LogP contribution in [0, 0.1) is 0 Å². The maximum absolute atomic E-state index is 11.8. The van der Waals surface area contributed by atoms with Gasteiger partial charge in [0.05, 0.1) is 13.2 Å². The predicted octanol–water partition coefficient (Wildman–Crippen LogP) is 3.55. The van der Waals surface area contributed by atoms with Crippen molar-refractivity contribution in [3.05, 3.63) is 71.8 Å². The zero-order valence-electron chi connectivity index (χ0n) is 11.8. The van der Waals surface area contributed by atoms with E-state index in [0.29, 0.717) is 37.2 Å². The molecule has 0 radical (unpaired) electrons. The largest absolute Gasteiger partial charge is 0.381 e. The second-order valence-corrected chi connectivity index (χ2v) is 4.69. The van der Waals surface area contributed by atoms with Gasteiger partial charge in [-0.3, -0.25) is 9.59 Å². The summed E-state index contributed by atoms with van der Waals surface area (Å²) >= 11 is 0. The lowest BCUT2D eigenvalue weighted by atomic mass is 10.1. The number of hydrogen-bond donors (Lipinski definition) is 0. The van der Waals surface area contributed by atoms with Crippen LogP contribution < -0.4 is 0 Å². The average molecular weight is 282 g/mol. The highest BCUT2D eigenvalue weighted by molar-refractivity contribution is 5.96. The molecule has 108 valence electrons. The molecule has 0 unspecified atom stereocenters. The molecule has 3 heteroatoms. The Balaban J connectivity index is 1.64. The fourth-order valence-corrected chi connectivity index (χ4v) is 1.97. The molecule has 0 bridgehead atoms. The smallest absolute Gasteiger partial charge is 0.165 e. The Morgan fingerprint density at radius 2 is 1.05 bits per heavy atom. The zero-order chi connectivity index (χ0) is 14.9. The molecular weight excluding hydrogens is 264 g/mol. The lowest BCUT2D eigenvalue weighted by Crippen LogP contribution is -2.08. The number of benzene rings is 2. The van der Waals surface area contributed by atoms with E-state index in [1.165, 1.54) is 0 Å². The number of ketones is 2. The number of hydrogen-bond acceptors (Lipinski definition) is 3. The molecule has 0 atom stereocenters. The lowest BCUT2D eigenvalue weighted by molar-refractivity contribution is 0.0818. The van der Waals surface area contributed by atoms with Crippen molar-refractivity contribution in [1.29, 1.82) is 0 Å². The van der Waals surface area contributed by atoms with Gasteiger partial charge in [-0.1, -0.05) is 60.7 Å². The third-order valence-electron chi connectivity index (χ3n) is 3.14. The van der Waals surface area contributed by atoms with Gasteiger partial charge in [0.2, 0.25) is 0 Å². The van der Waals surface area contributed by atoms with Crippen molar-refractivity contribution in [3.8, 4) is 0 Å². The summed E-state index contributed by atoms with van der Waals surface area (Å²) in [4.78, 5) is 23.6. The van der Waals surface area contributed by atoms with Crippen molar-refractivity contribution in [2.75, 3.05) is 13.2 Å². The Morgan fingerprint density at radius 3 is 1.43 bits per heavy atom. The van der Waals surface area contributed by atoms with Crippen LogP contribution in [0.1, 0.15) is 33.6 Å². The highest BCUT2D eigenvalue weighted by atomic mass is 16.5. The van der Waals surface area contributed by atoms with Crippen LogP contribution in [0.5, 0.6) is 0 Å². The number of carbonyl (C=O) groups is 2. The minimum atomic E-state index is 0.0602. The van der Waals surface area contributed by atoms with Crippen LogP contribution in [0.3, 0.4) is 0 Å². The van der Waals surface area contributed by atoms with E-state index in [9.17, 15) is 9.59 Å². The third kappa shape index (κ3) is 4.97. The molecule has 0 N–H and O–H groups in total. The Hall–Kier alpha value is -2.26. The van der Waals surface area contributed by atoms with Crippen LogP contribution in [0.2, 0.25) is 0 Å². The maximum Gasteiger partial charge on any atom is 0.165 e.